The van der Waals surface area contributed by atoms with Gasteiger partial charge in [-0.25, -0.2) is 9.59 Å². The van der Waals surface area contributed by atoms with Crippen molar-refractivity contribution in [3.05, 3.63) is 34.2 Å². The SMILES string of the molecule is Cn1c(=O)n([C@@H]2CCC(=O)NC2=O)c2cccc(C#CCOC3CCN(C(=O)OC(C)(C)C)CC3)c21. The Hall–Kier alpha value is -3.58. The van der Waals surface area contributed by atoms with Gasteiger partial charge in [-0.05, 0) is 52.2 Å². The number of rotatable bonds is 3. The zero-order chi connectivity index (χ0) is 26.0. The van der Waals surface area contributed by atoms with Gasteiger partial charge in [-0.2, -0.15) is 0 Å². The third-order valence-corrected chi connectivity index (χ3v) is 6.33. The molecule has 1 atom stereocenters. The number of benzene rings is 1. The molecule has 2 aromatic rings. The second-order valence-corrected chi connectivity index (χ2v) is 10.1. The highest BCUT2D eigenvalue weighted by Gasteiger charge is 2.31. The highest BCUT2D eigenvalue weighted by molar-refractivity contribution is 6.00. The van der Waals surface area contributed by atoms with E-state index in [9.17, 15) is 19.2 Å². The van der Waals surface area contributed by atoms with Crippen molar-refractivity contribution in [1.82, 2.24) is 19.4 Å². The fourth-order valence-electron chi connectivity index (χ4n) is 4.59. The van der Waals surface area contributed by atoms with Gasteiger partial charge in [0.1, 0.15) is 18.2 Å². The monoisotopic (exact) mass is 496 g/mol. The molecule has 4 rings (SSSR count). The molecule has 1 aromatic carbocycles. The minimum absolute atomic E-state index is 0.00624. The van der Waals surface area contributed by atoms with Crippen molar-refractivity contribution >= 4 is 28.9 Å². The standard InChI is InChI=1S/C26H32N4O6/c1-26(2,3)36-25(34)29-14-12-18(13-15-29)35-16-6-8-17-7-5-9-19-22(17)28(4)24(33)30(19)20-10-11-21(31)27-23(20)32/h5,7,9,18,20H,10-16H2,1-4H3,(H,27,31,32)/t20-/m1/s1. The van der Waals surface area contributed by atoms with Gasteiger partial charge in [-0.3, -0.25) is 24.0 Å². The van der Waals surface area contributed by atoms with Gasteiger partial charge in [0.15, 0.2) is 0 Å². The molecule has 0 radical (unpaired) electrons. The topological polar surface area (TPSA) is 112 Å². The molecule has 0 saturated carbocycles. The van der Waals surface area contributed by atoms with Crippen LogP contribution in [0.2, 0.25) is 0 Å². The summed E-state index contributed by atoms with van der Waals surface area (Å²) in [5.74, 6) is 5.33. The van der Waals surface area contributed by atoms with E-state index >= 15 is 0 Å². The lowest BCUT2D eigenvalue weighted by Crippen LogP contribution is -2.44. The lowest BCUT2D eigenvalue weighted by atomic mass is 10.1. The number of piperidine rings is 2. The van der Waals surface area contributed by atoms with Gasteiger partial charge in [-0.15, -0.1) is 0 Å². The lowest BCUT2D eigenvalue weighted by Gasteiger charge is -2.33. The summed E-state index contributed by atoms with van der Waals surface area (Å²) in [7, 11) is 1.65. The number of imide groups is 1. The van der Waals surface area contributed by atoms with Crippen LogP contribution < -0.4 is 11.0 Å². The quantitative estimate of drug-likeness (QED) is 0.515. The average molecular weight is 497 g/mol. The predicted octanol–water partition coefficient (Wildman–Crippen LogP) is 2.09. The third kappa shape index (κ3) is 5.46. The van der Waals surface area contributed by atoms with Gasteiger partial charge < -0.3 is 14.4 Å². The minimum atomic E-state index is -0.739. The second kappa shape index (κ2) is 10.2. The average Bonchev–Trinajstić information content (AvgIpc) is 3.07. The molecule has 2 aliphatic rings. The number of nitrogens with one attached hydrogen (secondary N) is 1. The molecule has 192 valence electrons. The van der Waals surface area contributed by atoms with Crippen molar-refractivity contribution in [2.75, 3.05) is 19.7 Å². The molecule has 2 aliphatic heterocycles. The summed E-state index contributed by atoms with van der Waals surface area (Å²) in [5, 5.41) is 2.32. The largest absolute Gasteiger partial charge is 0.444 e. The Morgan fingerprint density at radius 1 is 1.14 bits per heavy atom. The van der Waals surface area contributed by atoms with Crippen molar-refractivity contribution < 1.29 is 23.9 Å². The Labute approximate surface area is 209 Å². The van der Waals surface area contributed by atoms with Crippen LogP contribution in [0.4, 0.5) is 4.79 Å². The number of amides is 3. The van der Waals surface area contributed by atoms with E-state index in [2.05, 4.69) is 17.2 Å². The van der Waals surface area contributed by atoms with Gasteiger partial charge in [0.25, 0.3) is 0 Å². The summed E-state index contributed by atoms with van der Waals surface area (Å²) in [4.78, 5) is 50.9. The first kappa shape index (κ1) is 25.5. The highest BCUT2D eigenvalue weighted by atomic mass is 16.6. The van der Waals surface area contributed by atoms with Crippen LogP contribution in [0.3, 0.4) is 0 Å². The summed E-state index contributed by atoms with van der Waals surface area (Å²) in [6.45, 7) is 6.91. The van der Waals surface area contributed by atoms with Crippen molar-refractivity contribution in [3.8, 4) is 11.8 Å². The number of para-hydroxylation sites is 1. The number of carbonyl (C=O) groups excluding carboxylic acids is 3. The third-order valence-electron chi connectivity index (χ3n) is 6.33. The van der Waals surface area contributed by atoms with Crippen LogP contribution >= 0.6 is 0 Å². The van der Waals surface area contributed by atoms with E-state index < -0.39 is 17.6 Å². The van der Waals surface area contributed by atoms with Gasteiger partial charge in [0.05, 0.1) is 22.7 Å². The first-order chi connectivity index (χ1) is 17.0. The zero-order valence-electron chi connectivity index (χ0n) is 21.1. The number of aromatic nitrogens is 2. The van der Waals surface area contributed by atoms with Crippen molar-refractivity contribution in [1.29, 1.82) is 0 Å². The number of fused-ring (bicyclic) bond motifs is 1. The Kier molecular flexibility index (Phi) is 7.22. The van der Waals surface area contributed by atoms with Crippen molar-refractivity contribution in [2.45, 2.75) is 64.2 Å². The van der Waals surface area contributed by atoms with E-state index in [4.69, 9.17) is 9.47 Å². The fourth-order valence-corrected chi connectivity index (χ4v) is 4.59. The van der Waals surface area contributed by atoms with Crippen LogP contribution in [0.15, 0.2) is 23.0 Å². The summed E-state index contributed by atoms with van der Waals surface area (Å²) < 4.78 is 14.3. The van der Waals surface area contributed by atoms with E-state index in [0.717, 1.165) is 0 Å². The smallest absolute Gasteiger partial charge is 0.410 e. The van der Waals surface area contributed by atoms with E-state index in [1.54, 1.807) is 24.1 Å². The van der Waals surface area contributed by atoms with Crippen LogP contribution in [0.5, 0.6) is 0 Å². The number of imidazole rings is 1. The van der Waals surface area contributed by atoms with Crippen LogP contribution in [-0.2, 0) is 26.1 Å². The molecule has 2 fully saturated rings. The predicted molar refractivity (Wildman–Crippen MR) is 132 cm³/mol. The molecule has 3 heterocycles. The van der Waals surface area contributed by atoms with Crippen LogP contribution in [-0.4, -0.2) is 63.3 Å². The Balaban J connectivity index is 1.41. The van der Waals surface area contributed by atoms with E-state index in [-0.39, 0.29) is 43.2 Å². The number of nitrogens with zero attached hydrogens (tertiary/aromatic N) is 3. The molecule has 3 amide bonds. The molecule has 1 aromatic heterocycles. The number of hydrogen-bond donors (Lipinski definition) is 1. The maximum atomic E-state index is 13.0. The summed E-state index contributed by atoms with van der Waals surface area (Å²) in [6, 6.07) is 4.65. The molecule has 36 heavy (non-hydrogen) atoms. The van der Waals surface area contributed by atoms with Gasteiger partial charge >= 0.3 is 11.8 Å². The van der Waals surface area contributed by atoms with E-state index in [1.807, 2.05) is 26.8 Å². The molecule has 2 saturated heterocycles. The van der Waals surface area contributed by atoms with E-state index in [1.165, 1.54) is 9.13 Å². The molecule has 10 nitrogen and oxygen atoms in total. The molecule has 0 spiro atoms. The van der Waals surface area contributed by atoms with Crippen LogP contribution in [0.1, 0.15) is 58.1 Å². The Morgan fingerprint density at radius 2 is 1.86 bits per heavy atom. The number of likely N-dealkylation sites (tertiary alicyclic amines) is 1. The summed E-state index contributed by atoms with van der Waals surface area (Å²) >= 11 is 0. The molecule has 0 aliphatic carbocycles. The number of aryl methyl sites for hydroxylation is 1. The Bertz CT molecular complexity index is 1300. The number of carbonyl (C=O) groups is 3. The van der Waals surface area contributed by atoms with Crippen molar-refractivity contribution in [2.24, 2.45) is 7.05 Å². The number of hydrogen-bond acceptors (Lipinski definition) is 6. The Morgan fingerprint density at radius 3 is 2.53 bits per heavy atom. The maximum absolute atomic E-state index is 13.0. The fraction of sp³-hybridized carbons (Fsp3) is 0.538. The van der Waals surface area contributed by atoms with Crippen LogP contribution in [0, 0.1) is 11.8 Å². The maximum Gasteiger partial charge on any atom is 0.410 e. The van der Waals surface area contributed by atoms with E-state index in [0.29, 0.717) is 42.5 Å². The molecule has 1 N–H and O–H groups in total. The molecular formula is C26H32N4O6. The molecule has 10 heteroatoms. The summed E-state index contributed by atoms with van der Waals surface area (Å²) in [5.41, 5.74) is 1.03. The normalized spacial score (nSPS) is 19.1. The van der Waals surface area contributed by atoms with Crippen LogP contribution in [0.25, 0.3) is 11.0 Å². The van der Waals surface area contributed by atoms with Gasteiger partial charge in [0.2, 0.25) is 11.8 Å². The van der Waals surface area contributed by atoms with Gasteiger partial charge in [0, 0.05) is 26.6 Å². The lowest BCUT2D eigenvalue weighted by molar-refractivity contribution is -0.135. The molecular weight excluding hydrogens is 464 g/mol. The molecule has 0 bridgehead atoms. The molecule has 0 unspecified atom stereocenters. The summed E-state index contributed by atoms with van der Waals surface area (Å²) in [6.07, 6.45) is 1.59. The minimum Gasteiger partial charge on any atom is -0.444 e. The van der Waals surface area contributed by atoms with Crippen molar-refractivity contribution in [3.63, 3.8) is 0 Å². The first-order valence-electron chi connectivity index (χ1n) is 12.2. The van der Waals surface area contributed by atoms with Gasteiger partial charge in [-0.1, -0.05) is 17.9 Å². The second-order valence-electron chi connectivity index (χ2n) is 10.1. The zero-order valence-corrected chi connectivity index (χ0v) is 21.1. The highest BCUT2D eigenvalue weighted by Crippen LogP contribution is 2.24. The first-order valence-corrected chi connectivity index (χ1v) is 12.2. The number of ether oxygens (including phenoxy) is 2.